The Bertz CT molecular complexity index is 1060. The largest absolute Gasteiger partial charge is 0.497 e. The highest BCUT2D eigenvalue weighted by atomic mass is 16.5. The van der Waals surface area contributed by atoms with E-state index < -0.39 is 0 Å². The van der Waals surface area contributed by atoms with E-state index in [2.05, 4.69) is 20.4 Å². The molecule has 8 heteroatoms. The van der Waals surface area contributed by atoms with Gasteiger partial charge in [0.25, 0.3) is 5.91 Å². The topological polar surface area (TPSA) is 88.7 Å². The number of hydrogen-bond acceptors (Lipinski definition) is 6. The van der Waals surface area contributed by atoms with Crippen LogP contribution in [0.15, 0.2) is 48.5 Å². The van der Waals surface area contributed by atoms with Crippen LogP contribution in [-0.4, -0.2) is 56.6 Å². The summed E-state index contributed by atoms with van der Waals surface area (Å²) in [5.41, 5.74) is 2.53. The van der Waals surface area contributed by atoms with Crippen LogP contribution in [0.25, 0.3) is 11.3 Å². The molecule has 1 fully saturated rings. The predicted octanol–water partition coefficient (Wildman–Crippen LogP) is 3.50. The number of hydrogen-bond donors (Lipinski definition) is 2. The molecular formula is C24H28N4O4. The second-order valence-electron chi connectivity index (χ2n) is 7.70. The first-order valence-electron chi connectivity index (χ1n) is 10.6. The van der Waals surface area contributed by atoms with E-state index in [1.165, 1.54) is 0 Å². The molecule has 0 spiro atoms. The van der Waals surface area contributed by atoms with Crippen molar-refractivity contribution in [1.29, 1.82) is 0 Å². The number of rotatable bonds is 7. The molecule has 2 heterocycles. The first kappa shape index (κ1) is 21.5. The van der Waals surface area contributed by atoms with Crippen molar-refractivity contribution in [3.8, 4) is 28.5 Å². The van der Waals surface area contributed by atoms with Crippen molar-refractivity contribution < 1.29 is 19.0 Å². The molecule has 1 aromatic heterocycles. The number of amides is 1. The molecule has 8 nitrogen and oxygen atoms in total. The van der Waals surface area contributed by atoms with Crippen molar-refractivity contribution in [3.05, 3.63) is 54.1 Å². The first-order valence-corrected chi connectivity index (χ1v) is 10.6. The minimum absolute atomic E-state index is 0.0329. The average molecular weight is 437 g/mol. The Kier molecular flexibility index (Phi) is 6.49. The Hall–Kier alpha value is -3.68. The summed E-state index contributed by atoms with van der Waals surface area (Å²) in [6.45, 7) is 1.60. The number of H-pyrrole nitrogens is 1. The van der Waals surface area contributed by atoms with Gasteiger partial charge in [0.2, 0.25) is 0 Å². The van der Waals surface area contributed by atoms with Crippen molar-refractivity contribution in [2.45, 2.75) is 18.9 Å². The van der Waals surface area contributed by atoms with Crippen LogP contribution in [0, 0.1) is 0 Å². The molecule has 1 aliphatic heterocycles. The van der Waals surface area contributed by atoms with E-state index in [0.29, 0.717) is 23.6 Å². The van der Waals surface area contributed by atoms with Gasteiger partial charge in [-0.3, -0.25) is 9.89 Å². The van der Waals surface area contributed by atoms with Gasteiger partial charge in [0.15, 0.2) is 17.3 Å². The van der Waals surface area contributed by atoms with E-state index in [4.69, 9.17) is 14.2 Å². The highest BCUT2D eigenvalue weighted by Gasteiger charge is 2.24. The number of anilines is 1. The van der Waals surface area contributed by atoms with Gasteiger partial charge in [-0.05, 0) is 60.9 Å². The summed E-state index contributed by atoms with van der Waals surface area (Å²) in [5.74, 6) is 2.70. The van der Waals surface area contributed by atoms with E-state index >= 15 is 0 Å². The number of methoxy groups -OCH3 is 3. The van der Waals surface area contributed by atoms with E-state index in [0.717, 1.165) is 42.2 Å². The first-order chi connectivity index (χ1) is 15.6. The number of aromatic nitrogens is 2. The highest BCUT2D eigenvalue weighted by Crippen LogP contribution is 2.28. The van der Waals surface area contributed by atoms with Gasteiger partial charge in [-0.25, -0.2) is 0 Å². The van der Waals surface area contributed by atoms with Crippen LogP contribution in [0.2, 0.25) is 0 Å². The molecule has 1 unspecified atom stereocenters. The molecule has 1 amide bonds. The molecule has 2 N–H and O–H groups in total. The molecule has 2 aromatic carbocycles. The van der Waals surface area contributed by atoms with Crippen molar-refractivity contribution in [3.63, 3.8) is 0 Å². The zero-order valence-electron chi connectivity index (χ0n) is 18.6. The van der Waals surface area contributed by atoms with E-state index in [1.807, 2.05) is 30.3 Å². The number of carbonyl (C=O) groups is 1. The molecule has 3 aromatic rings. The quantitative estimate of drug-likeness (QED) is 0.589. The summed E-state index contributed by atoms with van der Waals surface area (Å²) < 4.78 is 15.8. The van der Waals surface area contributed by atoms with Gasteiger partial charge < -0.3 is 24.4 Å². The third kappa shape index (κ3) is 4.64. The van der Waals surface area contributed by atoms with Gasteiger partial charge in [-0.2, -0.15) is 5.10 Å². The lowest BCUT2D eigenvalue weighted by Crippen LogP contribution is -2.48. The smallest absolute Gasteiger partial charge is 0.251 e. The van der Waals surface area contributed by atoms with Crippen molar-refractivity contribution >= 4 is 11.7 Å². The molecule has 1 aliphatic rings. The van der Waals surface area contributed by atoms with Gasteiger partial charge >= 0.3 is 0 Å². The number of nitrogens with zero attached hydrogens (tertiary/aromatic N) is 2. The number of ether oxygens (including phenoxy) is 3. The summed E-state index contributed by atoms with van der Waals surface area (Å²) in [6, 6.07) is 15.1. The molecular weight excluding hydrogens is 408 g/mol. The normalized spacial score (nSPS) is 15.8. The SMILES string of the molecule is COc1ccc(-c2cc(N3CCCC(NC(=O)c4ccc(OC)c(OC)c4)C3)n[nH]2)cc1. The van der Waals surface area contributed by atoms with Gasteiger partial charge in [-0.1, -0.05) is 0 Å². The Labute approximate surface area is 187 Å². The molecule has 4 rings (SSSR count). The molecule has 0 aliphatic carbocycles. The molecule has 1 saturated heterocycles. The van der Waals surface area contributed by atoms with Gasteiger partial charge in [0.1, 0.15) is 5.75 Å². The lowest BCUT2D eigenvalue weighted by molar-refractivity contribution is 0.0932. The molecule has 32 heavy (non-hydrogen) atoms. The monoisotopic (exact) mass is 436 g/mol. The minimum Gasteiger partial charge on any atom is -0.497 e. The van der Waals surface area contributed by atoms with Crippen LogP contribution in [0.5, 0.6) is 17.2 Å². The van der Waals surface area contributed by atoms with Gasteiger partial charge in [0.05, 0.1) is 27.0 Å². The Morgan fingerprint density at radius 3 is 2.53 bits per heavy atom. The number of nitrogens with one attached hydrogen (secondary N) is 2. The molecule has 0 radical (unpaired) electrons. The van der Waals surface area contributed by atoms with Crippen molar-refractivity contribution in [1.82, 2.24) is 15.5 Å². The van der Waals surface area contributed by atoms with Crippen LogP contribution in [-0.2, 0) is 0 Å². The van der Waals surface area contributed by atoms with Crippen LogP contribution in [0.1, 0.15) is 23.2 Å². The van der Waals surface area contributed by atoms with Crippen LogP contribution >= 0.6 is 0 Å². The summed E-state index contributed by atoms with van der Waals surface area (Å²) in [6.07, 6.45) is 1.90. The number of carbonyl (C=O) groups excluding carboxylic acids is 1. The molecule has 168 valence electrons. The third-order valence-electron chi connectivity index (χ3n) is 5.69. The van der Waals surface area contributed by atoms with Gasteiger partial charge in [-0.15, -0.1) is 0 Å². The zero-order valence-corrected chi connectivity index (χ0v) is 18.6. The van der Waals surface area contributed by atoms with Crippen LogP contribution in [0.3, 0.4) is 0 Å². The van der Waals surface area contributed by atoms with E-state index in [1.54, 1.807) is 39.5 Å². The van der Waals surface area contributed by atoms with Crippen LogP contribution < -0.4 is 24.4 Å². The van der Waals surface area contributed by atoms with Crippen molar-refractivity contribution in [2.24, 2.45) is 0 Å². The molecule has 1 atom stereocenters. The predicted molar refractivity (Wildman–Crippen MR) is 123 cm³/mol. The maximum atomic E-state index is 12.8. The standard InChI is InChI=1S/C24H28N4O4/c1-30-19-9-6-16(7-10-19)20-14-23(27-26-20)28-12-4-5-18(15-28)25-24(29)17-8-11-21(31-2)22(13-17)32-3/h6-11,13-14,18H,4-5,12,15H2,1-3H3,(H,25,29)(H,26,27). The Morgan fingerprint density at radius 1 is 1.03 bits per heavy atom. The third-order valence-corrected chi connectivity index (χ3v) is 5.69. The summed E-state index contributed by atoms with van der Waals surface area (Å²) in [5, 5.41) is 10.8. The summed E-state index contributed by atoms with van der Waals surface area (Å²) in [7, 11) is 4.78. The Morgan fingerprint density at radius 2 is 1.81 bits per heavy atom. The fourth-order valence-corrected chi connectivity index (χ4v) is 3.94. The maximum Gasteiger partial charge on any atom is 0.251 e. The van der Waals surface area contributed by atoms with Crippen molar-refractivity contribution in [2.75, 3.05) is 39.3 Å². The fraction of sp³-hybridized carbons (Fsp3) is 0.333. The summed E-state index contributed by atoms with van der Waals surface area (Å²) in [4.78, 5) is 15.0. The number of benzene rings is 2. The lowest BCUT2D eigenvalue weighted by Gasteiger charge is -2.33. The Balaban J connectivity index is 1.41. The second kappa shape index (κ2) is 9.64. The number of aromatic amines is 1. The minimum atomic E-state index is -0.126. The maximum absolute atomic E-state index is 12.8. The summed E-state index contributed by atoms with van der Waals surface area (Å²) >= 11 is 0. The van der Waals surface area contributed by atoms with Crippen LogP contribution in [0.4, 0.5) is 5.82 Å². The molecule has 0 bridgehead atoms. The number of piperidine rings is 1. The zero-order chi connectivity index (χ0) is 22.5. The van der Waals surface area contributed by atoms with Gasteiger partial charge in [0, 0.05) is 30.8 Å². The fourth-order valence-electron chi connectivity index (χ4n) is 3.94. The second-order valence-corrected chi connectivity index (χ2v) is 7.70. The lowest BCUT2D eigenvalue weighted by atomic mass is 10.0. The van der Waals surface area contributed by atoms with E-state index in [-0.39, 0.29) is 11.9 Å². The average Bonchev–Trinajstić information content (AvgIpc) is 3.34. The van der Waals surface area contributed by atoms with E-state index in [9.17, 15) is 4.79 Å². The molecule has 0 saturated carbocycles. The highest BCUT2D eigenvalue weighted by molar-refractivity contribution is 5.95.